The molecule has 1 aliphatic rings. The lowest BCUT2D eigenvalue weighted by Crippen LogP contribution is -2.35. The van der Waals surface area contributed by atoms with E-state index in [1.165, 1.54) is 17.5 Å². The molecule has 0 spiro atoms. The van der Waals surface area contributed by atoms with E-state index in [0.717, 1.165) is 29.3 Å². The molecule has 1 aliphatic heterocycles. The van der Waals surface area contributed by atoms with Crippen LogP contribution in [0.25, 0.3) is 6.08 Å². The van der Waals surface area contributed by atoms with E-state index in [9.17, 15) is 13.2 Å². The molecule has 2 aromatic carbocycles. The van der Waals surface area contributed by atoms with Gasteiger partial charge in [-0.2, -0.15) is 4.31 Å². The van der Waals surface area contributed by atoms with Crippen molar-refractivity contribution >= 4 is 43.6 Å². The first kappa shape index (κ1) is 22.5. The maximum atomic E-state index is 13.1. The van der Waals surface area contributed by atoms with Gasteiger partial charge >= 0.3 is 0 Å². The molecule has 1 heterocycles. The summed E-state index contributed by atoms with van der Waals surface area (Å²) >= 11 is 3.39. The van der Waals surface area contributed by atoms with Gasteiger partial charge in [-0.05, 0) is 61.2 Å². The van der Waals surface area contributed by atoms with Crippen LogP contribution in [0.2, 0.25) is 0 Å². The first-order chi connectivity index (χ1) is 14.3. The molecule has 0 saturated carbocycles. The Morgan fingerprint density at radius 3 is 2.57 bits per heavy atom. The van der Waals surface area contributed by atoms with E-state index in [0.29, 0.717) is 30.1 Å². The van der Waals surface area contributed by atoms with Crippen molar-refractivity contribution in [3.05, 3.63) is 58.1 Å². The number of anilines is 1. The summed E-state index contributed by atoms with van der Waals surface area (Å²) in [5.41, 5.74) is 2.26. The Hall–Kier alpha value is -2.16. The zero-order valence-electron chi connectivity index (χ0n) is 17.0. The highest BCUT2D eigenvalue weighted by Gasteiger charge is 2.29. The average Bonchev–Trinajstić information content (AvgIpc) is 2.75. The van der Waals surface area contributed by atoms with E-state index in [4.69, 9.17) is 4.74 Å². The summed E-state index contributed by atoms with van der Waals surface area (Å²) in [6.45, 7) is 2.94. The molecule has 1 saturated heterocycles. The third-order valence-electron chi connectivity index (χ3n) is 5.01. The zero-order chi connectivity index (χ0) is 21.7. The molecule has 6 nitrogen and oxygen atoms in total. The van der Waals surface area contributed by atoms with Gasteiger partial charge in [0, 0.05) is 29.3 Å². The van der Waals surface area contributed by atoms with Crippen molar-refractivity contribution in [3.8, 4) is 5.75 Å². The Bertz CT molecular complexity index is 1060. The molecule has 2 aromatic rings. The van der Waals surface area contributed by atoms with Gasteiger partial charge in [0.1, 0.15) is 10.6 Å². The molecule has 1 fully saturated rings. The number of methoxy groups -OCH3 is 1. The van der Waals surface area contributed by atoms with Crippen LogP contribution in [0, 0.1) is 6.92 Å². The molecule has 0 atom stereocenters. The van der Waals surface area contributed by atoms with Crippen molar-refractivity contribution in [3.63, 3.8) is 0 Å². The SMILES string of the molecule is COc1ccc(/C=C/C(=O)Nc2cc(Br)ccc2C)cc1S(=O)(=O)N1CCCCC1. The third-order valence-corrected chi connectivity index (χ3v) is 7.42. The molecular weight excluding hydrogens is 468 g/mol. The third kappa shape index (κ3) is 5.30. The lowest BCUT2D eigenvalue weighted by atomic mass is 10.2. The van der Waals surface area contributed by atoms with E-state index in [1.54, 1.807) is 24.3 Å². The van der Waals surface area contributed by atoms with E-state index in [-0.39, 0.29) is 10.8 Å². The van der Waals surface area contributed by atoms with E-state index in [2.05, 4.69) is 21.2 Å². The minimum atomic E-state index is -3.66. The van der Waals surface area contributed by atoms with E-state index in [1.807, 2.05) is 25.1 Å². The number of halogens is 1. The van der Waals surface area contributed by atoms with Gasteiger partial charge in [0.15, 0.2) is 0 Å². The van der Waals surface area contributed by atoms with Crippen molar-refractivity contribution < 1.29 is 17.9 Å². The van der Waals surface area contributed by atoms with Gasteiger partial charge in [0.05, 0.1) is 7.11 Å². The Morgan fingerprint density at radius 1 is 1.13 bits per heavy atom. The number of hydrogen-bond donors (Lipinski definition) is 1. The normalized spacial score (nSPS) is 15.3. The number of piperidine rings is 1. The lowest BCUT2D eigenvalue weighted by Gasteiger charge is -2.26. The predicted octanol–water partition coefficient (Wildman–Crippen LogP) is 4.59. The largest absolute Gasteiger partial charge is 0.495 e. The van der Waals surface area contributed by atoms with Crippen molar-refractivity contribution in [2.45, 2.75) is 31.1 Å². The number of benzene rings is 2. The van der Waals surface area contributed by atoms with Gasteiger partial charge in [-0.1, -0.05) is 34.5 Å². The number of ether oxygens (including phenoxy) is 1. The molecule has 3 rings (SSSR count). The smallest absolute Gasteiger partial charge is 0.248 e. The van der Waals surface area contributed by atoms with Crippen LogP contribution in [0.15, 0.2) is 51.8 Å². The Balaban J connectivity index is 1.82. The minimum absolute atomic E-state index is 0.122. The van der Waals surface area contributed by atoms with Gasteiger partial charge < -0.3 is 10.1 Å². The molecule has 1 amide bonds. The number of nitrogens with zero attached hydrogens (tertiary/aromatic N) is 1. The van der Waals surface area contributed by atoms with Crippen LogP contribution in [0.1, 0.15) is 30.4 Å². The number of hydrogen-bond acceptors (Lipinski definition) is 4. The van der Waals surface area contributed by atoms with Crippen LogP contribution in [0.3, 0.4) is 0 Å². The Kier molecular flexibility index (Phi) is 7.33. The summed E-state index contributed by atoms with van der Waals surface area (Å²) < 4.78 is 33.9. The second-order valence-electron chi connectivity index (χ2n) is 7.16. The van der Waals surface area contributed by atoms with Crippen LogP contribution < -0.4 is 10.1 Å². The molecular formula is C22H25BrN2O4S. The monoisotopic (exact) mass is 492 g/mol. The zero-order valence-corrected chi connectivity index (χ0v) is 19.4. The number of rotatable bonds is 6. The summed E-state index contributed by atoms with van der Waals surface area (Å²) in [6, 6.07) is 10.5. The number of amides is 1. The number of sulfonamides is 1. The molecule has 8 heteroatoms. The fraction of sp³-hybridized carbons (Fsp3) is 0.318. The summed E-state index contributed by atoms with van der Waals surface area (Å²) in [5.74, 6) is -0.000564. The van der Waals surface area contributed by atoms with Crippen LogP contribution in [-0.2, 0) is 14.8 Å². The molecule has 0 aliphatic carbocycles. The van der Waals surface area contributed by atoms with Crippen molar-refractivity contribution in [2.24, 2.45) is 0 Å². The Morgan fingerprint density at radius 2 is 1.87 bits per heavy atom. The average molecular weight is 493 g/mol. The fourth-order valence-corrected chi connectivity index (χ4v) is 5.39. The van der Waals surface area contributed by atoms with Gasteiger partial charge in [-0.25, -0.2) is 8.42 Å². The second-order valence-corrected chi connectivity index (χ2v) is 9.98. The maximum absolute atomic E-state index is 13.1. The molecule has 0 aromatic heterocycles. The van der Waals surface area contributed by atoms with Crippen LogP contribution in [-0.4, -0.2) is 38.8 Å². The van der Waals surface area contributed by atoms with Crippen LogP contribution in [0.4, 0.5) is 5.69 Å². The Labute approximate surface area is 186 Å². The highest BCUT2D eigenvalue weighted by Crippen LogP contribution is 2.30. The molecule has 0 radical (unpaired) electrons. The van der Waals surface area contributed by atoms with Gasteiger partial charge in [-0.3, -0.25) is 4.79 Å². The summed E-state index contributed by atoms with van der Waals surface area (Å²) in [4.78, 5) is 12.5. The molecule has 30 heavy (non-hydrogen) atoms. The topological polar surface area (TPSA) is 75.7 Å². The van der Waals surface area contributed by atoms with Crippen LogP contribution >= 0.6 is 15.9 Å². The molecule has 1 N–H and O–H groups in total. The van der Waals surface area contributed by atoms with E-state index < -0.39 is 10.0 Å². The van der Waals surface area contributed by atoms with Crippen molar-refractivity contribution in [2.75, 3.05) is 25.5 Å². The van der Waals surface area contributed by atoms with E-state index >= 15 is 0 Å². The number of carbonyl (C=O) groups is 1. The van der Waals surface area contributed by atoms with Gasteiger partial charge in [-0.15, -0.1) is 0 Å². The summed E-state index contributed by atoms with van der Waals surface area (Å²) in [5, 5.41) is 2.83. The lowest BCUT2D eigenvalue weighted by molar-refractivity contribution is -0.111. The molecule has 160 valence electrons. The second kappa shape index (κ2) is 9.76. The molecule has 0 bridgehead atoms. The van der Waals surface area contributed by atoms with Crippen LogP contribution in [0.5, 0.6) is 5.75 Å². The fourth-order valence-electron chi connectivity index (χ4n) is 3.32. The maximum Gasteiger partial charge on any atom is 0.248 e. The molecule has 0 unspecified atom stereocenters. The quantitative estimate of drug-likeness (QED) is 0.598. The number of nitrogens with one attached hydrogen (secondary N) is 1. The standard InChI is InChI=1S/C22H25BrN2O4S/c1-16-6-9-18(23)15-19(16)24-22(26)11-8-17-7-10-20(29-2)21(14-17)30(27,28)25-12-4-3-5-13-25/h6-11,14-15H,3-5,12-13H2,1-2H3,(H,24,26)/b11-8+. The van der Waals surface area contributed by atoms with Crippen molar-refractivity contribution in [1.29, 1.82) is 0 Å². The minimum Gasteiger partial charge on any atom is -0.495 e. The van der Waals surface area contributed by atoms with Gasteiger partial charge in [0.25, 0.3) is 0 Å². The summed E-state index contributed by atoms with van der Waals surface area (Å²) in [6.07, 6.45) is 5.74. The first-order valence-corrected chi connectivity index (χ1v) is 12.0. The summed E-state index contributed by atoms with van der Waals surface area (Å²) in [7, 11) is -2.20. The van der Waals surface area contributed by atoms with Gasteiger partial charge in [0.2, 0.25) is 15.9 Å². The highest BCUT2D eigenvalue weighted by molar-refractivity contribution is 9.10. The van der Waals surface area contributed by atoms with Crippen molar-refractivity contribution in [1.82, 2.24) is 4.31 Å². The number of aryl methyl sites for hydroxylation is 1. The highest BCUT2D eigenvalue weighted by atomic mass is 79.9. The first-order valence-electron chi connectivity index (χ1n) is 9.74. The number of carbonyl (C=O) groups excluding carboxylic acids is 1. The predicted molar refractivity (Wildman–Crippen MR) is 122 cm³/mol.